The Kier molecular flexibility index (Phi) is 3.98. The molecule has 4 aromatic rings. The Morgan fingerprint density at radius 2 is 1.86 bits per heavy atom. The second-order valence-corrected chi connectivity index (χ2v) is 6.71. The first-order valence-corrected chi connectivity index (χ1v) is 8.88. The van der Waals surface area contributed by atoms with Gasteiger partial charge < -0.3 is 9.26 Å². The van der Waals surface area contributed by atoms with Gasteiger partial charge in [-0.15, -0.1) is 5.10 Å². The average Bonchev–Trinajstić information content (AvgIpc) is 3.35. The predicted octanol–water partition coefficient (Wildman–Crippen LogP) is 3.71. The highest BCUT2D eigenvalue weighted by Crippen LogP contribution is 2.30. The Balaban J connectivity index is 1.41. The van der Waals surface area contributed by atoms with Gasteiger partial charge in [0.15, 0.2) is 5.69 Å². The second kappa shape index (κ2) is 6.65. The molecule has 0 N–H and O–H groups in total. The number of ether oxygens (including phenoxy) is 1. The van der Waals surface area contributed by atoms with Gasteiger partial charge in [0.2, 0.25) is 5.82 Å². The summed E-state index contributed by atoms with van der Waals surface area (Å²) in [6.45, 7) is 2.97. The molecule has 28 heavy (non-hydrogen) atoms. The van der Waals surface area contributed by atoms with Gasteiger partial charge >= 0.3 is 0 Å². The van der Waals surface area contributed by atoms with Crippen LogP contribution in [0.1, 0.15) is 22.9 Å². The number of rotatable bonds is 3. The lowest BCUT2D eigenvalue weighted by Crippen LogP contribution is -2.22. The highest BCUT2D eigenvalue weighted by molar-refractivity contribution is 5.58. The van der Waals surface area contributed by atoms with Crippen molar-refractivity contribution in [1.29, 1.82) is 0 Å². The lowest BCUT2D eigenvalue weighted by Gasteiger charge is -2.24. The molecule has 1 atom stereocenters. The number of aromatic nitrogens is 5. The summed E-state index contributed by atoms with van der Waals surface area (Å²) in [6.07, 6.45) is -0.0808. The topological polar surface area (TPSA) is 78.9 Å². The fourth-order valence-corrected chi connectivity index (χ4v) is 3.20. The molecule has 0 aliphatic carbocycles. The van der Waals surface area contributed by atoms with Crippen molar-refractivity contribution in [1.82, 2.24) is 25.1 Å². The predicted molar refractivity (Wildman–Crippen MR) is 97.4 cm³/mol. The SMILES string of the molecule is Cc1ccc([C@@H]2Cn3nnc(-c4noc(-c5ccc(F)cc5)n4)c3CO2)cc1. The first-order valence-electron chi connectivity index (χ1n) is 8.88. The van der Waals surface area contributed by atoms with Crippen LogP contribution in [0.5, 0.6) is 0 Å². The molecule has 8 heteroatoms. The summed E-state index contributed by atoms with van der Waals surface area (Å²) in [5.74, 6) is 0.306. The van der Waals surface area contributed by atoms with Gasteiger partial charge in [-0.1, -0.05) is 40.2 Å². The van der Waals surface area contributed by atoms with Crippen LogP contribution in [0.15, 0.2) is 53.1 Å². The van der Waals surface area contributed by atoms with Gasteiger partial charge in [0, 0.05) is 5.56 Å². The minimum atomic E-state index is -0.323. The summed E-state index contributed by atoms with van der Waals surface area (Å²) in [6, 6.07) is 14.1. The molecule has 140 valence electrons. The van der Waals surface area contributed by atoms with Crippen molar-refractivity contribution in [2.45, 2.75) is 26.2 Å². The van der Waals surface area contributed by atoms with E-state index in [0.29, 0.717) is 36.1 Å². The number of hydrogen-bond acceptors (Lipinski definition) is 6. The number of hydrogen-bond donors (Lipinski definition) is 0. The number of nitrogens with zero attached hydrogens (tertiary/aromatic N) is 5. The Bertz CT molecular complexity index is 1120. The largest absolute Gasteiger partial charge is 0.365 e. The van der Waals surface area contributed by atoms with E-state index in [1.807, 2.05) is 4.68 Å². The van der Waals surface area contributed by atoms with Crippen LogP contribution in [-0.4, -0.2) is 25.1 Å². The number of halogens is 1. The van der Waals surface area contributed by atoms with E-state index in [0.717, 1.165) is 11.3 Å². The molecule has 1 aliphatic rings. The summed E-state index contributed by atoms with van der Waals surface area (Å²) in [7, 11) is 0. The molecule has 2 aromatic carbocycles. The van der Waals surface area contributed by atoms with Crippen LogP contribution < -0.4 is 0 Å². The smallest absolute Gasteiger partial charge is 0.258 e. The van der Waals surface area contributed by atoms with Gasteiger partial charge in [0.05, 0.1) is 18.8 Å². The van der Waals surface area contributed by atoms with Crippen molar-refractivity contribution in [3.05, 3.63) is 71.2 Å². The zero-order valence-electron chi connectivity index (χ0n) is 15.0. The standard InChI is InChI=1S/C20H16FN5O2/c1-12-2-4-13(5-3-12)17-10-26-16(11-27-17)18(23-25-26)19-22-20(28-24-19)14-6-8-15(21)9-7-14/h2-9,17H,10-11H2,1H3/t17-/m0/s1. The molecule has 0 amide bonds. The fourth-order valence-electron chi connectivity index (χ4n) is 3.20. The molecule has 0 unspecified atom stereocenters. The molecule has 0 bridgehead atoms. The van der Waals surface area contributed by atoms with E-state index < -0.39 is 0 Å². The maximum Gasteiger partial charge on any atom is 0.258 e. The highest BCUT2D eigenvalue weighted by Gasteiger charge is 2.27. The van der Waals surface area contributed by atoms with Gasteiger partial charge in [-0.25, -0.2) is 9.07 Å². The zero-order chi connectivity index (χ0) is 19.1. The molecule has 1 aliphatic heterocycles. The van der Waals surface area contributed by atoms with Crippen LogP contribution in [0.3, 0.4) is 0 Å². The third-order valence-corrected chi connectivity index (χ3v) is 4.78. The van der Waals surface area contributed by atoms with E-state index in [1.165, 1.54) is 17.7 Å². The van der Waals surface area contributed by atoms with Gasteiger partial charge in [0.1, 0.15) is 11.9 Å². The third-order valence-electron chi connectivity index (χ3n) is 4.78. The normalized spacial score (nSPS) is 16.1. The summed E-state index contributed by atoms with van der Waals surface area (Å²) in [5, 5.41) is 12.5. The van der Waals surface area contributed by atoms with Crippen LogP contribution in [0.25, 0.3) is 23.0 Å². The van der Waals surface area contributed by atoms with E-state index >= 15 is 0 Å². The van der Waals surface area contributed by atoms with E-state index in [4.69, 9.17) is 9.26 Å². The minimum absolute atomic E-state index is 0.0808. The van der Waals surface area contributed by atoms with Crippen molar-refractivity contribution in [2.75, 3.05) is 0 Å². The molecule has 0 saturated carbocycles. The van der Waals surface area contributed by atoms with Crippen LogP contribution in [0.4, 0.5) is 4.39 Å². The number of fused-ring (bicyclic) bond motifs is 1. The lowest BCUT2D eigenvalue weighted by molar-refractivity contribution is -0.00112. The Labute approximate surface area is 159 Å². The third kappa shape index (κ3) is 2.97. The summed E-state index contributed by atoms with van der Waals surface area (Å²) in [4.78, 5) is 4.38. The van der Waals surface area contributed by atoms with Crippen molar-refractivity contribution in [2.24, 2.45) is 0 Å². The zero-order valence-corrected chi connectivity index (χ0v) is 15.0. The van der Waals surface area contributed by atoms with Gasteiger partial charge in [0.25, 0.3) is 5.89 Å². The number of aryl methyl sites for hydroxylation is 1. The first kappa shape index (κ1) is 16.8. The maximum absolute atomic E-state index is 13.1. The van der Waals surface area contributed by atoms with Crippen LogP contribution in [0, 0.1) is 12.7 Å². The number of benzene rings is 2. The second-order valence-electron chi connectivity index (χ2n) is 6.71. The lowest BCUT2D eigenvalue weighted by atomic mass is 10.1. The monoisotopic (exact) mass is 377 g/mol. The molecular weight excluding hydrogens is 361 g/mol. The summed E-state index contributed by atoms with van der Waals surface area (Å²) >= 11 is 0. The summed E-state index contributed by atoms with van der Waals surface area (Å²) < 4.78 is 26.2. The molecule has 0 spiro atoms. The van der Waals surface area contributed by atoms with Gasteiger partial charge in [-0.05, 0) is 36.8 Å². The first-order chi connectivity index (χ1) is 13.7. The van der Waals surface area contributed by atoms with Crippen LogP contribution in [0.2, 0.25) is 0 Å². The minimum Gasteiger partial charge on any atom is -0.365 e. The van der Waals surface area contributed by atoms with Gasteiger partial charge in [-0.3, -0.25) is 0 Å². The summed E-state index contributed by atoms with van der Waals surface area (Å²) in [5.41, 5.74) is 4.27. The van der Waals surface area contributed by atoms with E-state index in [9.17, 15) is 4.39 Å². The van der Waals surface area contributed by atoms with E-state index in [-0.39, 0.29) is 11.9 Å². The van der Waals surface area contributed by atoms with E-state index in [1.54, 1.807) is 12.1 Å². The van der Waals surface area contributed by atoms with Crippen molar-refractivity contribution < 1.29 is 13.7 Å². The molecule has 0 radical (unpaired) electrons. The molecular formula is C20H16FN5O2. The van der Waals surface area contributed by atoms with Crippen LogP contribution >= 0.6 is 0 Å². The van der Waals surface area contributed by atoms with Crippen LogP contribution in [-0.2, 0) is 17.9 Å². The highest BCUT2D eigenvalue weighted by atomic mass is 19.1. The Hall–Kier alpha value is -3.39. The van der Waals surface area contributed by atoms with Gasteiger partial charge in [-0.2, -0.15) is 4.98 Å². The molecule has 2 aromatic heterocycles. The molecule has 7 nitrogen and oxygen atoms in total. The Morgan fingerprint density at radius 1 is 1.07 bits per heavy atom. The maximum atomic E-state index is 13.1. The molecule has 5 rings (SSSR count). The Morgan fingerprint density at radius 3 is 2.64 bits per heavy atom. The molecule has 0 fully saturated rings. The van der Waals surface area contributed by atoms with Crippen molar-refractivity contribution in [3.8, 4) is 23.0 Å². The fraction of sp³-hybridized carbons (Fsp3) is 0.200. The van der Waals surface area contributed by atoms with Crippen molar-refractivity contribution >= 4 is 0 Å². The quantitative estimate of drug-likeness (QED) is 0.541. The molecule has 3 heterocycles. The molecule has 0 saturated heterocycles. The van der Waals surface area contributed by atoms with Crippen molar-refractivity contribution in [3.63, 3.8) is 0 Å². The van der Waals surface area contributed by atoms with E-state index in [2.05, 4.69) is 51.6 Å². The average molecular weight is 377 g/mol.